The average molecular weight is 259 g/mol. The predicted molar refractivity (Wildman–Crippen MR) is 78.2 cm³/mol. The SMILES string of the molecule is CCCNC(c1ccc(C)cc1)C1CC2CCC1O2. The van der Waals surface area contributed by atoms with Crippen LogP contribution in [0, 0.1) is 12.8 Å². The van der Waals surface area contributed by atoms with Gasteiger partial charge in [0.05, 0.1) is 12.2 Å². The molecule has 104 valence electrons. The summed E-state index contributed by atoms with van der Waals surface area (Å²) in [5.74, 6) is 0.660. The number of hydrogen-bond donors (Lipinski definition) is 1. The Morgan fingerprint density at radius 2 is 2.05 bits per heavy atom. The summed E-state index contributed by atoms with van der Waals surface area (Å²) in [5, 5.41) is 3.75. The molecule has 2 bridgehead atoms. The summed E-state index contributed by atoms with van der Waals surface area (Å²) in [7, 11) is 0. The molecule has 4 unspecified atom stereocenters. The first-order valence-electron chi connectivity index (χ1n) is 7.73. The van der Waals surface area contributed by atoms with Gasteiger partial charge >= 0.3 is 0 Å². The van der Waals surface area contributed by atoms with Crippen LogP contribution in [0.4, 0.5) is 0 Å². The van der Waals surface area contributed by atoms with E-state index in [1.807, 2.05) is 0 Å². The standard InChI is InChI=1S/C17H25NO/c1-3-10-18-17(13-6-4-12(2)5-7-13)15-11-14-8-9-16(15)19-14/h4-7,14-18H,3,8-11H2,1-2H3. The molecule has 2 heteroatoms. The molecule has 2 aliphatic rings. The van der Waals surface area contributed by atoms with Gasteiger partial charge in [0.25, 0.3) is 0 Å². The van der Waals surface area contributed by atoms with Crippen molar-refractivity contribution in [3.05, 3.63) is 35.4 Å². The van der Waals surface area contributed by atoms with E-state index in [4.69, 9.17) is 4.74 Å². The summed E-state index contributed by atoms with van der Waals surface area (Å²) in [6.45, 7) is 5.47. The lowest BCUT2D eigenvalue weighted by Crippen LogP contribution is -2.34. The zero-order valence-electron chi connectivity index (χ0n) is 12.1. The van der Waals surface area contributed by atoms with Crippen molar-refractivity contribution in [3.63, 3.8) is 0 Å². The second-order valence-corrected chi connectivity index (χ2v) is 6.12. The first-order valence-corrected chi connectivity index (χ1v) is 7.73. The van der Waals surface area contributed by atoms with Gasteiger partial charge in [0.2, 0.25) is 0 Å². The first-order chi connectivity index (χ1) is 9.28. The summed E-state index contributed by atoms with van der Waals surface area (Å²) in [4.78, 5) is 0. The maximum Gasteiger partial charge on any atom is 0.0627 e. The zero-order valence-corrected chi connectivity index (χ0v) is 12.1. The van der Waals surface area contributed by atoms with Crippen molar-refractivity contribution < 1.29 is 4.74 Å². The van der Waals surface area contributed by atoms with E-state index >= 15 is 0 Å². The fourth-order valence-electron chi connectivity index (χ4n) is 3.62. The molecular formula is C17H25NO. The van der Waals surface area contributed by atoms with E-state index in [-0.39, 0.29) is 0 Å². The fourth-order valence-corrected chi connectivity index (χ4v) is 3.62. The summed E-state index contributed by atoms with van der Waals surface area (Å²) in [6.07, 6.45) is 5.97. The van der Waals surface area contributed by atoms with Gasteiger partial charge in [-0.1, -0.05) is 36.8 Å². The van der Waals surface area contributed by atoms with E-state index in [1.54, 1.807) is 0 Å². The van der Waals surface area contributed by atoms with Gasteiger partial charge in [-0.05, 0) is 44.7 Å². The summed E-state index contributed by atoms with van der Waals surface area (Å²) < 4.78 is 6.05. The topological polar surface area (TPSA) is 21.3 Å². The molecule has 2 aliphatic heterocycles. The van der Waals surface area contributed by atoms with Crippen LogP contribution in [-0.2, 0) is 4.74 Å². The van der Waals surface area contributed by atoms with Crippen LogP contribution in [0.25, 0.3) is 0 Å². The Balaban J connectivity index is 1.79. The molecule has 1 aromatic carbocycles. The van der Waals surface area contributed by atoms with Crippen LogP contribution in [0.15, 0.2) is 24.3 Å². The number of nitrogens with one attached hydrogen (secondary N) is 1. The number of fused-ring (bicyclic) bond motifs is 2. The highest BCUT2D eigenvalue weighted by Gasteiger charge is 2.44. The summed E-state index contributed by atoms with van der Waals surface area (Å²) >= 11 is 0. The number of hydrogen-bond acceptors (Lipinski definition) is 2. The average Bonchev–Trinajstić information content (AvgIpc) is 3.04. The fraction of sp³-hybridized carbons (Fsp3) is 0.647. The van der Waals surface area contributed by atoms with Gasteiger partial charge in [0.15, 0.2) is 0 Å². The molecule has 0 saturated carbocycles. The molecule has 0 spiro atoms. The van der Waals surface area contributed by atoms with E-state index in [1.165, 1.54) is 36.8 Å². The minimum Gasteiger partial charge on any atom is -0.375 e. The lowest BCUT2D eigenvalue weighted by Gasteiger charge is -2.30. The second-order valence-electron chi connectivity index (χ2n) is 6.12. The largest absolute Gasteiger partial charge is 0.375 e. The van der Waals surface area contributed by atoms with Gasteiger partial charge in [-0.25, -0.2) is 0 Å². The smallest absolute Gasteiger partial charge is 0.0627 e. The molecule has 1 N–H and O–H groups in total. The maximum atomic E-state index is 6.05. The molecule has 0 radical (unpaired) electrons. The van der Waals surface area contributed by atoms with Crippen LogP contribution in [0.2, 0.25) is 0 Å². The number of benzene rings is 1. The molecule has 2 heterocycles. The van der Waals surface area contributed by atoms with Crippen LogP contribution in [0.1, 0.15) is 49.8 Å². The molecule has 1 aromatic rings. The van der Waals surface area contributed by atoms with Crippen molar-refractivity contribution >= 4 is 0 Å². The van der Waals surface area contributed by atoms with E-state index in [2.05, 4.69) is 43.4 Å². The van der Waals surface area contributed by atoms with E-state index < -0.39 is 0 Å². The number of ether oxygens (including phenoxy) is 1. The van der Waals surface area contributed by atoms with Crippen molar-refractivity contribution in [3.8, 4) is 0 Å². The van der Waals surface area contributed by atoms with Crippen molar-refractivity contribution in [1.82, 2.24) is 5.32 Å². The van der Waals surface area contributed by atoms with Gasteiger partial charge in [0, 0.05) is 12.0 Å². The van der Waals surface area contributed by atoms with Gasteiger partial charge in [-0.15, -0.1) is 0 Å². The predicted octanol–water partition coefficient (Wildman–Crippen LogP) is 3.60. The third-order valence-corrected chi connectivity index (χ3v) is 4.63. The highest BCUT2D eigenvalue weighted by molar-refractivity contribution is 5.25. The van der Waals surface area contributed by atoms with Crippen LogP contribution in [0.3, 0.4) is 0 Å². The van der Waals surface area contributed by atoms with Crippen LogP contribution < -0.4 is 5.32 Å². The molecule has 19 heavy (non-hydrogen) atoms. The highest BCUT2D eigenvalue weighted by atomic mass is 16.5. The highest BCUT2D eigenvalue weighted by Crippen LogP contribution is 2.44. The molecule has 4 atom stereocenters. The normalized spacial score (nSPS) is 30.7. The van der Waals surface area contributed by atoms with Crippen LogP contribution in [0.5, 0.6) is 0 Å². The Kier molecular flexibility index (Phi) is 3.90. The van der Waals surface area contributed by atoms with Gasteiger partial charge in [0.1, 0.15) is 0 Å². The summed E-state index contributed by atoms with van der Waals surface area (Å²) in [6, 6.07) is 9.49. The first kappa shape index (κ1) is 13.1. The maximum absolute atomic E-state index is 6.05. The molecule has 0 aromatic heterocycles. The molecule has 2 nitrogen and oxygen atoms in total. The lowest BCUT2D eigenvalue weighted by atomic mass is 9.81. The Labute approximate surface area is 116 Å². The van der Waals surface area contributed by atoms with Crippen LogP contribution >= 0.6 is 0 Å². The Morgan fingerprint density at radius 1 is 1.26 bits per heavy atom. The Hall–Kier alpha value is -0.860. The van der Waals surface area contributed by atoms with Gasteiger partial charge in [-0.3, -0.25) is 0 Å². The minimum atomic E-state index is 0.468. The van der Waals surface area contributed by atoms with Gasteiger partial charge < -0.3 is 10.1 Å². The zero-order chi connectivity index (χ0) is 13.2. The molecule has 0 amide bonds. The van der Waals surface area contributed by atoms with E-state index in [0.717, 1.165) is 6.54 Å². The Morgan fingerprint density at radius 3 is 2.63 bits per heavy atom. The summed E-state index contributed by atoms with van der Waals surface area (Å²) in [5.41, 5.74) is 2.77. The van der Waals surface area contributed by atoms with E-state index in [9.17, 15) is 0 Å². The molecular weight excluding hydrogens is 234 g/mol. The van der Waals surface area contributed by atoms with Gasteiger partial charge in [-0.2, -0.15) is 0 Å². The van der Waals surface area contributed by atoms with Crippen molar-refractivity contribution in [2.75, 3.05) is 6.54 Å². The molecule has 2 fully saturated rings. The lowest BCUT2D eigenvalue weighted by molar-refractivity contribution is 0.0857. The van der Waals surface area contributed by atoms with Crippen molar-refractivity contribution in [2.45, 2.75) is 57.8 Å². The molecule has 3 rings (SSSR count). The monoisotopic (exact) mass is 259 g/mol. The molecule has 0 aliphatic carbocycles. The third kappa shape index (κ3) is 2.70. The molecule has 2 saturated heterocycles. The Bertz CT molecular complexity index is 414. The third-order valence-electron chi connectivity index (χ3n) is 4.63. The quantitative estimate of drug-likeness (QED) is 0.872. The van der Waals surface area contributed by atoms with Crippen LogP contribution in [-0.4, -0.2) is 18.8 Å². The van der Waals surface area contributed by atoms with E-state index in [0.29, 0.717) is 24.2 Å². The minimum absolute atomic E-state index is 0.468. The number of aryl methyl sites for hydroxylation is 1. The van der Waals surface area contributed by atoms with Crippen molar-refractivity contribution in [2.24, 2.45) is 5.92 Å². The van der Waals surface area contributed by atoms with Crippen molar-refractivity contribution in [1.29, 1.82) is 0 Å². The number of rotatable bonds is 5. The second kappa shape index (κ2) is 5.64.